The van der Waals surface area contributed by atoms with Gasteiger partial charge in [0.1, 0.15) is 5.82 Å². The molecular weight excluding hydrogens is 275 g/mol. The molecule has 1 N–H and O–H groups in total. The highest BCUT2D eigenvalue weighted by molar-refractivity contribution is 9.10. The smallest absolute Gasteiger partial charge is 0.126 e. The Labute approximate surface area is 105 Å². The highest BCUT2D eigenvalue weighted by Crippen LogP contribution is 2.19. The lowest BCUT2D eigenvalue weighted by atomic mass is 10.1. The minimum absolute atomic E-state index is 0.0979. The monoisotopic (exact) mass is 290 g/mol. The lowest BCUT2D eigenvalue weighted by Crippen LogP contribution is -2.27. The van der Waals surface area contributed by atoms with Gasteiger partial charge in [0.15, 0.2) is 0 Å². The maximum atomic E-state index is 6.07. The molecule has 0 aliphatic heterocycles. The van der Waals surface area contributed by atoms with Crippen molar-refractivity contribution in [3.8, 4) is 0 Å². The van der Waals surface area contributed by atoms with Crippen molar-refractivity contribution in [2.45, 2.75) is 38.6 Å². The van der Waals surface area contributed by atoms with Gasteiger partial charge in [-0.2, -0.15) is 0 Å². The van der Waals surface area contributed by atoms with Crippen molar-refractivity contribution in [3.05, 3.63) is 22.3 Å². The molecule has 84 valence electrons. The van der Waals surface area contributed by atoms with Crippen LogP contribution >= 0.6 is 27.5 Å². The summed E-state index contributed by atoms with van der Waals surface area (Å²) in [6.07, 6.45) is 2.80. The third-order valence-electron chi connectivity index (χ3n) is 2.37. The van der Waals surface area contributed by atoms with Crippen molar-refractivity contribution >= 4 is 33.3 Å². The van der Waals surface area contributed by atoms with E-state index in [1.807, 2.05) is 26.1 Å². The van der Waals surface area contributed by atoms with E-state index in [2.05, 4.69) is 33.2 Å². The van der Waals surface area contributed by atoms with E-state index in [0.717, 1.165) is 16.7 Å². The average Bonchev–Trinajstić information content (AvgIpc) is 2.19. The zero-order valence-corrected chi connectivity index (χ0v) is 11.6. The van der Waals surface area contributed by atoms with Crippen molar-refractivity contribution < 1.29 is 0 Å². The molecule has 2 unspecified atom stereocenters. The molecule has 0 aliphatic carbocycles. The summed E-state index contributed by atoms with van der Waals surface area (Å²) in [6, 6.07) is 2.28. The number of hydrogen-bond donors (Lipinski definition) is 1. The molecule has 1 aromatic rings. The van der Waals surface area contributed by atoms with Gasteiger partial charge < -0.3 is 5.32 Å². The number of hydrogen-bond acceptors (Lipinski definition) is 2. The molecule has 1 heterocycles. The Balaban J connectivity index is 2.75. The topological polar surface area (TPSA) is 24.9 Å². The van der Waals surface area contributed by atoms with Crippen LogP contribution in [0.4, 0.5) is 5.82 Å². The molecule has 15 heavy (non-hydrogen) atoms. The molecule has 0 aromatic carbocycles. The van der Waals surface area contributed by atoms with Gasteiger partial charge in [-0.1, -0.05) is 6.92 Å². The second kappa shape index (κ2) is 5.71. The quantitative estimate of drug-likeness (QED) is 0.849. The van der Waals surface area contributed by atoms with E-state index in [1.54, 1.807) is 0 Å². The van der Waals surface area contributed by atoms with Gasteiger partial charge >= 0.3 is 0 Å². The van der Waals surface area contributed by atoms with E-state index in [9.17, 15) is 0 Å². The molecule has 1 rings (SSSR count). The van der Waals surface area contributed by atoms with Gasteiger partial charge in [-0.05, 0) is 47.8 Å². The fourth-order valence-corrected chi connectivity index (χ4v) is 1.81. The van der Waals surface area contributed by atoms with Crippen LogP contribution < -0.4 is 5.32 Å². The Morgan fingerprint density at radius 1 is 1.60 bits per heavy atom. The standard InChI is InChI=1S/C11H16BrClN2/c1-4-10(8(3)13)15-11-5-7(2)9(12)6-14-11/h5-6,8,10H,4H2,1-3H3,(H,14,15). The van der Waals surface area contributed by atoms with Crippen LogP contribution in [0.3, 0.4) is 0 Å². The molecule has 0 spiro atoms. The molecule has 0 saturated carbocycles. The highest BCUT2D eigenvalue weighted by atomic mass is 79.9. The van der Waals surface area contributed by atoms with Crippen LogP contribution in [0.1, 0.15) is 25.8 Å². The SMILES string of the molecule is CCC(Nc1cc(C)c(Br)cn1)C(C)Cl. The fraction of sp³-hybridized carbons (Fsp3) is 0.545. The van der Waals surface area contributed by atoms with Gasteiger partial charge in [0.2, 0.25) is 0 Å². The Kier molecular flexibility index (Phi) is 4.87. The number of nitrogens with zero attached hydrogens (tertiary/aromatic N) is 1. The predicted octanol–water partition coefficient (Wildman–Crippen LogP) is 3.97. The first-order chi connectivity index (χ1) is 7.04. The Morgan fingerprint density at radius 3 is 2.73 bits per heavy atom. The second-order valence-electron chi connectivity index (χ2n) is 3.66. The Hall–Kier alpha value is -0.280. The van der Waals surface area contributed by atoms with Crippen LogP contribution in [0.5, 0.6) is 0 Å². The number of alkyl halides is 1. The first kappa shape index (κ1) is 12.8. The summed E-state index contributed by atoms with van der Waals surface area (Å²) in [5, 5.41) is 3.43. The third-order valence-corrected chi connectivity index (χ3v) is 3.51. The third kappa shape index (κ3) is 3.65. The lowest BCUT2D eigenvalue weighted by molar-refractivity contribution is 0.675. The summed E-state index contributed by atoms with van der Waals surface area (Å²) in [5.74, 6) is 0.884. The van der Waals surface area contributed by atoms with E-state index in [-0.39, 0.29) is 11.4 Å². The first-order valence-electron chi connectivity index (χ1n) is 5.07. The van der Waals surface area contributed by atoms with Crippen LogP contribution in [0.25, 0.3) is 0 Å². The molecule has 0 bridgehead atoms. The molecular formula is C11H16BrClN2. The van der Waals surface area contributed by atoms with Gasteiger partial charge in [-0.3, -0.25) is 0 Å². The average molecular weight is 292 g/mol. The van der Waals surface area contributed by atoms with E-state index in [4.69, 9.17) is 11.6 Å². The number of aromatic nitrogens is 1. The fourth-order valence-electron chi connectivity index (χ4n) is 1.35. The van der Waals surface area contributed by atoms with Crippen LogP contribution in [0, 0.1) is 6.92 Å². The minimum atomic E-state index is 0.0979. The molecule has 0 saturated heterocycles. The van der Waals surface area contributed by atoms with Crippen molar-refractivity contribution in [2.75, 3.05) is 5.32 Å². The summed E-state index contributed by atoms with van der Waals surface area (Å²) >= 11 is 9.49. The normalized spacial score (nSPS) is 14.7. The molecule has 0 amide bonds. The maximum Gasteiger partial charge on any atom is 0.126 e. The van der Waals surface area contributed by atoms with Gasteiger partial charge in [-0.15, -0.1) is 11.6 Å². The van der Waals surface area contributed by atoms with Crippen LogP contribution in [-0.4, -0.2) is 16.4 Å². The highest BCUT2D eigenvalue weighted by Gasteiger charge is 2.13. The molecule has 4 heteroatoms. The lowest BCUT2D eigenvalue weighted by Gasteiger charge is -2.20. The van der Waals surface area contributed by atoms with Crippen LogP contribution in [-0.2, 0) is 0 Å². The Morgan fingerprint density at radius 2 is 2.27 bits per heavy atom. The summed E-state index contributed by atoms with van der Waals surface area (Å²) in [4.78, 5) is 4.29. The zero-order valence-electron chi connectivity index (χ0n) is 9.22. The van der Waals surface area contributed by atoms with Crippen molar-refractivity contribution in [1.29, 1.82) is 0 Å². The van der Waals surface area contributed by atoms with Gasteiger partial charge in [0.25, 0.3) is 0 Å². The van der Waals surface area contributed by atoms with Gasteiger partial charge in [0.05, 0.1) is 5.38 Å². The number of pyridine rings is 1. The second-order valence-corrected chi connectivity index (χ2v) is 5.20. The van der Waals surface area contributed by atoms with E-state index < -0.39 is 0 Å². The van der Waals surface area contributed by atoms with Crippen LogP contribution in [0.2, 0.25) is 0 Å². The minimum Gasteiger partial charge on any atom is -0.366 e. The Bertz CT molecular complexity index is 328. The molecule has 2 atom stereocenters. The predicted molar refractivity (Wildman–Crippen MR) is 69.7 cm³/mol. The molecule has 0 aliphatic rings. The zero-order chi connectivity index (χ0) is 11.4. The number of nitrogens with one attached hydrogen (secondary N) is 1. The number of rotatable bonds is 4. The number of anilines is 1. The number of aryl methyl sites for hydroxylation is 1. The van der Waals surface area contributed by atoms with E-state index >= 15 is 0 Å². The van der Waals surface area contributed by atoms with E-state index in [1.165, 1.54) is 5.56 Å². The largest absolute Gasteiger partial charge is 0.366 e. The summed E-state index contributed by atoms with van der Waals surface area (Å²) < 4.78 is 1.03. The van der Waals surface area contributed by atoms with E-state index in [0.29, 0.717) is 0 Å². The molecule has 0 radical (unpaired) electrons. The molecule has 0 fully saturated rings. The molecule has 1 aromatic heterocycles. The van der Waals surface area contributed by atoms with Crippen molar-refractivity contribution in [3.63, 3.8) is 0 Å². The summed E-state index contributed by atoms with van der Waals surface area (Å²) in [7, 11) is 0. The van der Waals surface area contributed by atoms with Gasteiger partial charge in [0, 0.05) is 16.7 Å². The summed E-state index contributed by atoms with van der Waals surface area (Å²) in [5.41, 5.74) is 1.17. The van der Waals surface area contributed by atoms with Crippen molar-refractivity contribution in [2.24, 2.45) is 0 Å². The molecule has 2 nitrogen and oxygen atoms in total. The summed E-state index contributed by atoms with van der Waals surface area (Å²) in [6.45, 7) is 6.15. The number of halogens is 2. The van der Waals surface area contributed by atoms with Crippen molar-refractivity contribution in [1.82, 2.24) is 4.98 Å². The first-order valence-corrected chi connectivity index (χ1v) is 6.30. The van der Waals surface area contributed by atoms with Gasteiger partial charge in [-0.25, -0.2) is 4.98 Å². The van der Waals surface area contributed by atoms with Crippen LogP contribution in [0.15, 0.2) is 16.7 Å². The maximum absolute atomic E-state index is 6.07.